The molecule has 0 saturated heterocycles. The van der Waals surface area contributed by atoms with Gasteiger partial charge in [0.1, 0.15) is 23.6 Å². The summed E-state index contributed by atoms with van der Waals surface area (Å²) >= 11 is 0. The number of esters is 1. The molecule has 2 saturated carbocycles. The Balaban J connectivity index is 0.000000257. The first-order chi connectivity index (χ1) is 11.8. The van der Waals surface area contributed by atoms with Crippen molar-refractivity contribution >= 4 is 17.5 Å². The van der Waals surface area contributed by atoms with Gasteiger partial charge in [-0.15, -0.1) is 6.58 Å². The molecule has 0 spiro atoms. The number of hydrogen-bond donors (Lipinski definition) is 0. The molecule has 0 aromatic rings. The molecule has 0 aromatic carbocycles. The van der Waals surface area contributed by atoms with Crippen molar-refractivity contribution in [3.8, 4) is 0 Å². The Kier molecular flexibility index (Phi) is 8.27. The monoisotopic (exact) mass is 348 g/mol. The maximum absolute atomic E-state index is 11.6. The van der Waals surface area contributed by atoms with Crippen LogP contribution in [-0.2, 0) is 19.1 Å². The molecule has 0 aliphatic heterocycles. The highest BCUT2D eigenvalue weighted by Crippen LogP contribution is 2.36. The van der Waals surface area contributed by atoms with Crippen LogP contribution in [0.1, 0.15) is 71.6 Å². The Bertz CT molecular complexity index is 522. The van der Waals surface area contributed by atoms with E-state index in [0.29, 0.717) is 18.6 Å². The third kappa shape index (κ3) is 5.65. The summed E-state index contributed by atoms with van der Waals surface area (Å²) in [5.41, 5.74) is -0.971. The molecular formula is C21H32O4. The third-order valence-electron chi connectivity index (χ3n) is 5.38. The van der Waals surface area contributed by atoms with Crippen LogP contribution in [0.5, 0.6) is 0 Å². The van der Waals surface area contributed by atoms with Gasteiger partial charge in [-0.05, 0) is 39.0 Å². The lowest BCUT2D eigenvalue weighted by atomic mass is 9.72. The smallest absolute Gasteiger partial charge is 0.319 e. The van der Waals surface area contributed by atoms with E-state index >= 15 is 0 Å². The van der Waals surface area contributed by atoms with Gasteiger partial charge in [-0.3, -0.25) is 14.4 Å². The Hall–Kier alpha value is -1.71. The number of ether oxygens (including phenoxy) is 1. The molecule has 2 aliphatic carbocycles. The van der Waals surface area contributed by atoms with Gasteiger partial charge in [0.05, 0.1) is 0 Å². The largest absolute Gasteiger partial charge is 0.461 e. The minimum absolute atomic E-state index is 0.0119. The molecule has 0 amide bonds. The van der Waals surface area contributed by atoms with Crippen LogP contribution in [0.25, 0.3) is 0 Å². The average Bonchev–Trinajstić information content (AvgIpc) is 2.59. The maximum atomic E-state index is 11.6. The van der Waals surface area contributed by atoms with Gasteiger partial charge in [-0.2, -0.15) is 0 Å². The summed E-state index contributed by atoms with van der Waals surface area (Å²) in [5.74, 6) is 0.0450. The first-order valence-corrected chi connectivity index (χ1v) is 9.26. The summed E-state index contributed by atoms with van der Waals surface area (Å²) in [5, 5.41) is 0. The Morgan fingerprint density at radius 2 is 1.60 bits per heavy atom. The topological polar surface area (TPSA) is 60.4 Å². The van der Waals surface area contributed by atoms with Crippen LogP contribution in [0.3, 0.4) is 0 Å². The molecule has 1 unspecified atom stereocenters. The molecular weight excluding hydrogens is 316 g/mol. The SMILES string of the molecule is C=CCOC(=O)C1(C)CCCCC1=O.C=CC[C@]1(C)CCCCC1=O. The number of carbonyl (C=O) groups is 3. The molecule has 0 radical (unpaired) electrons. The maximum Gasteiger partial charge on any atom is 0.319 e. The third-order valence-corrected chi connectivity index (χ3v) is 5.38. The molecule has 4 nitrogen and oxygen atoms in total. The van der Waals surface area contributed by atoms with Crippen LogP contribution < -0.4 is 0 Å². The molecule has 2 aliphatic rings. The summed E-state index contributed by atoms with van der Waals surface area (Å²) in [7, 11) is 0. The minimum Gasteiger partial charge on any atom is -0.461 e. The molecule has 0 heterocycles. The number of rotatable bonds is 5. The second kappa shape index (κ2) is 9.69. The Morgan fingerprint density at radius 3 is 2.12 bits per heavy atom. The zero-order chi connectivity index (χ0) is 18.9. The Labute approximate surface area is 151 Å². The van der Waals surface area contributed by atoms with Crippen LogP contribution >= 0.6 is 0 Å². The number of ketones is 2. The quantitative estimate of drug-likeness (QED) is 0.414. The van der Waals surface area contributed by atoms with Crippen LogP contribution in [0.15, 0.2) is 25.3 Å². The second-order valence-electron chi connectivity index (χ2n) is 7.53. The summed E-state index contributed by atoms with van der Waals surface area (Å²) < 4.78 is 4.93. The fraction of sp³-hybridized carbons (Fsp3) is 0.667. The van der Waals surface area contributed by atoms with E-state index in [-0.39, 0.29) is 17.8 Å². The van der Waals surface area contributed by atoms with E-state index in [1.54, 1.807) is 6.92 Å². The van der Waals surface area contributed by atoms with Gasteiger partial charge in [0.2, 0.25) is 0 Å². The standard InChI is InChI=1S/C11H16O3.C10H16O/c1-3-8-14-10(13)11(2)7-5-4-6-9(11)12;1-3-7-10(2)8-5-4-6-9(10)11/h3H,1,4-8H2,2H3;3H,1,4-8H2,2H3/t;10-/m.1/s1. The number of allylic oxidation sites excluding steroid dienone is 1. The fourth-order valence-electron chi connectivity index (χ4n) is 3.47. The molecule has 2 rings (SSSR count). The van der Waals surface area contributed by atoms with Crippen molar-refractivity contribution in [2.45, 2.75) is 71.6 Å². The summed E-state index contributed by atoms with van der Waals surface area (Å²) in [6.07, 6.45) is 11.3. The molecule has 4 heteroatoms. The summed E-state index contributed by atoms with van der Waals surface area (Å²) in [6.45, 7) is 11.1. The van der Waals surface area contributed by atoms with Gasteiger partial charge < -0.3 is 4.74 Å². The van der Waals surface area contributed by atoms with Gasteiger partial charge in [0.25, 0.3) is 0 Å². The van der Waals surface area contributed by atoms with E-state index < -0.39 is 11.4 Å². The number of Topliss-reactive ketones (excluding diaryl/α,β-unsaturated/α-hetero) is 2. The first kappa shape index (κ1) is 21.3. The molecule has 25 heavy (non-hydrogen) atoms. The summed E-state index contributed by atoms with van der Waals surface area (Å²) in [6, 6.07) is 0. The minimum atomic E-state index is -0.902. The van der Waals surface area contributed by atoms with Crippen LogP contribution in [0, 0.1) is 10.8 Å². The molecule has 0 bridgehead atoms. The molecule has 0 N–H and O–H groups in total. The highest BCUT2D eigenvalue weighted by atomic mass is 16.5. The highest BCUT2D eigenvalue weighted by molar-refractivity contribution is 6.03. The fourth-order valence-corrected chi connectivity index (χ4v) is 3.47. The predicted octanol–water partition coefficient (Wildman–Crippen LogP) is 4.58. The molecule has 140 valence electrons. The lowest BCUT2D eigenvalue weighted by Crippen LogP contribution is -2.40. The lowest BCUT2D eigenvalue weighted by molar-refractivity contribution is -0.160. The first-order valence-electron chi connectivity index (χ1n) is 9.26. The van der Waals surface area contributed by atoms with E-state index in [1.807, 2.05) is 6.08 Å². The van der Waals surface area contributed by atoms with E-state index in [4.69, 9.17) is 4.74 Å². The van der Waals surface area contributed by atoms with Crippen molar-refractivity contribution in [1.82, 2.24) is 0 Å². The number of carbonyl (C=O) groups excluding carboxylic acids is 3. The van der Waals surface area contributed by atoms with E-state index in [1.165, 1.54) is 12.5 Å². The highest BCUT2D eigenvalue weighted by Gasteiger charge is 2.43. The predicted molar refractivity (Wildman–Crippen MR) is 99.1 cm³/mol. The van der Waals surface area contributed by atoms with Gasteiger partial charge in [-0.25, -0.2) is 0 Å². The van der Waals surface area contributed by atoms with Crippen LogP contribution in [0.2, 0.25) is 0 Å². The summed E-state index contributed by atoms with van der Waals surface area (Å²) in [4.78, 5) is 34.7. The molecule has 0 aromatic heterocycles. The van der Waals surface area contributed by atoms with Crippen molar-refractivity contribution in [3.05, 3.63) is 25.3 Å². The van der Waals surface area contributed by atoms with E-state index in [9.17, 15) is 14.4 Å². The lowest BCUT2D eigenvalue weighted by Gasteiger charge is -2.30. The van der Waals surface area contributed by atoms with E-state index in [0.717, 1.165) is 38.5 Å². The van der Waals surface area contributed by atoms with Crippen molar-refractivity contribution in [3.63, 3.8) is 0 Å². The van der Waals surface area contributed by atoms with Gasteiger partial charge in [-0.1, -0.05) is 38.5 Å². The normalized spacial score (nSPS) is 29.2. The zero-order valence-electron chi connectivity index (χ0n) is 15.8. The van der Waals surface area contributed by atoms with Gasteiger partial charge >= 0.3 is 5.97 Å². The second-order valence-corrected chi connectivity index (χ2v) is 7.53. The van der Waals surface area contributed by atoms with Gasteiger partial charge in [0.15, 0.2) is 0 Å². The Morgan fingerprint density at radius 1 is 1.00 bits per heavy atom. The van der Waals surface area contributed by atoms with Crippen molar-refractivity contribution < 1.29 is 19.1 Å². The van der Waals surface area contributed by atoms with Crippen molar-refractivity contribution in [2.75, 3.05) is 6.61 Å². The zero-order valence-corrected chi connectivity index (χ0v) is 15.8. The van der Waals surface area contributed by atoms with Crippen LogP contribution in [-0.4, -0.2) is 24.1 Å². The van der Waals surface area contributed by atoms with Gasteiger partial charge in [0, 0.05) is 18.3 Å². The van der Waals surface area contributed by atoms with E-state index in [2.05, 4.69) is 20.1 Å². The molecule has 2 atom stereocenters. The number of hydrogen-bond acceptors (Lipinski definition) is 4. The van der Waals surface area contributed by atoms with Crippen molar-refractivity contribution in [1.29, 1.82) is 0 Å². The average molecular weight is 348 g/mol. The van der Waals surface area contributed by atoms with Crippen molar-refractivity contribution in [2.24, 2.45) is 10.8 Å². The van der Waals surface area contributed by atoms with Crippen LogP contribution in [0.4, 0.5) is 0 Å². The molecule has 2 fully saturated rings.